The zero-order valence-electron chi connectivity index (χ0n) is 10.4. The van der Waals surface area contributed by atoms with Gasteiger partial charge in [-0.15, -0.1) is 0 Å². The molecule has 0 fully saturated rings. The molecule has 84 valence electrons. The first-order chi connectivity index (χ1) is 5.27. The highest BCUT2D eigenvalue weighted by Gasteiger charge is 2.21. The lowest BCUT2D eigenvalue weighted by atomic mass is 10.9. The molecule has 0 aromatic heterocycles. The fourth-order valence-electron chi connectivity index (χ4n) is 0.775. The van der Waals surface area contributed by atoms with Crippen LogP contribution in [0.2, 0.25) is 32.7 Å². The van der Waals surface area contributed by atoms with Crippen LogP contribution in [0.4, 0.5) is 0 Å². The van der Waals surface area contributed by atoms with Gasteiger partial charge in [-0.25, -0.2) is 0 Å². The molecule has 0 aliphatic rings. The Hall–Kier alpha value is 0.314. The van der Waals surface area contributed by atoms with E-state index in [1.54, 1.807) is 6.92 Å². The van der Waals surface area contributed by atoms with Crippen molar-refractivity contribution in [3.05, 3.63) is 0 Å². The summed E-state index contributed by atoms with van der Waals surface area (Å²) in [5.74, 6) is 0. The van der Waals surface area contributed by atoms with E-state index in [2.05, 4.69) is 44.0 Å². The van der Waals surface area contributed by atoms with Gasteiger partial charge in [0.2, 0.25) is 0 Å². The molecule has 5 heteroatoms. The minimum absolute atomic E-state index is 0. The summed E-state index contributed by atoms with van der Waals surface area (Å²) in [6.45, 7) is 13.9. The zero-order chi connectivity index (χ0) is 10.4. The summed E-state index contributed by atoms with van der Waals surface area (Å²) in [4.78, 5) is 0. The molecular formula is C8H28N2OSi2. The molecule has 0 aliphatic carbocycles. The van der Waals surface area contributed by atoms with Gasteiger partial charge in [0.25, 0.3) is 0 Å². The van der Waals surface area contributed by atoms with Crippen LogP contribution in [0.3, 0.4) is 0 Å². The summed E-state index contributed by atoms with van der Waals surface area (Å²) < 4.78 is 2.63. The topological polar surface area (TPSA) is 58.5 Å². The molecule has 0 unspecified atom stereocenters. The van der Waals surface area contributed by atoms with Gasteiger partial charge < -0.3 is 15.5 Å². The maximum absolute atomic E-state index is 7.57. The van der Waals surface area contributed by atoms with Gasteiger partial charge in [0.15, 0.2) is 0 Å². The zero-order valence-corrected chi connectivity index (χ0v) is 12.5. The van der Waals surface area contributed by atoms with E-state index in [0.717, 1.165) is 0 Å². The molecule has 3 nitrogen and oxygen atoms in total. The molecule has 0 bridgehead atoms. The van der Waals surface area contributed by atoms with Gasteiger partial charge in [-0.05, 0) is 14.0 Å². The first-order valence-electron chi connectivity index (χ1n) is 4.61. The Labute approximate surface area is 86.5 Å². The number of aliphatic hydroxyl groups is 1. The lowest BCUT2D eigenvalue weighted by Crippen LogP contribution is -2.49. The van der Waals surface area contributed by atoms with Gasteiger partial charge in [0, 0.05) is 6.61 Å². The molecule has 13 heavy (non-hydrogen) atoms. The number of rotatable bonds is 2. The summed E-state index contributed by atoms with van der Waals surface area (Å²) in [6.07, 6.45) is 0. The second-order valence-electron chi connectivity index (χ2n) is 4.19. The van der Waals surface area contributed by atoms with Crippen LogP contribution in [0, 0.1) is 0 Å². The van der Waals surface area contributed by atoms with Crippen LogP contribution < -0.4 is 6.15 Å². The third-order valence-corrected chi connectivity index (χ3v) is 9.37. The Bertz CT molecular complexity index is 105. The van der Waals surface area contributed by atoms with E-state index >= 15 is 0 Å². The maximum atomic E-state index is 7.57. The van der Waals surface area contributed by atoms with Crippen LogP contribution >= 0.6 is 0 Å². The monoisotopic (exact) mass is 224 g/mol. The third kappa shape index (κ3) is 12.3. The fraction of sp³-hybridized carbons (Fsp3) is 1.00. The largest absolute Gasteiger partial charge is 0.397 e. The normalized spacial score (nSPS) is 10.6. The van der Waals surface area contributed by atoms with Gasteiger partial charge in [0.05, 0.1) is 8.96 Å². The van der Waals surface area contributed by atoms with E-state index < -0.39 is 17.2 Å². The molecule has 0 atom stereocenters. The molecule has 4 N–H and O–H groups in total. The summed E-state index contributed by atoms with van der Waals surface area (Å²) in [6, 6.07) is 0. The number of hydrogen-bond acceptors (Lipinski definition) is 3. The fourth-order valence-corrected chi connectivity index (χ4v) is 6.97. The Balaban J connectivity index is -0.000000220. The van der Waals surface area contributed by atoms with Gasteiger partial charge in [-0.3, -0.25) is 0 Å². The minimum atomic E-state index is -0.929. The van der Waals surface area contributed by atoms with Crippen LogP contribution in [0.5, 0.6) is 0 Å². The van der Waals surface area contributed by atoms with E-state index in [-0.39, 0.29) is 12.8 Å². The molecule has 0 amide bonds. The quantitative estimate of drug-likeness (QED) is 0.704. The highest BCUT2D eigenvalue weighted by molar-refractivity contribution is 6.82. The van der Waals surface area contributed by atoms with Gasteiger partial charge in [-0.1, -0.05) is 32.7 Å². The Morgan fingerprint density at radius 2 is 1.46 bits per heavy atom. The second kappa shape index (κ2) is 8.89. The molecule has 0 heterocycles. The Morgan fingerprint density at radius 3 is 1.46 bits per heavy atom. The average Bonchev–Trinajstić information content (AvgIpc) is 1.85. The van der Waals surface area contributed by atoms with Crippen molar-refractivity contribution < 1.29 is 5.11 Å². The molecule has 0 aliphatic heterocycles. The highest BCUT2D eigenvalue weighted by atomic mass is 28.4. The number of nitrogens with zero attached hydrogens (tertiary/aromatic N) is 1. The number of aliphatic hydroxyl groups excluding tert-OH is 1. The van der Waals surface area contributed by atoms with Crippen molar-refractivity contribution in [1.82, 2.24) is 10.4 Å². The standard InChI is InChI=1S/C6H19NSi2.C2H6O.H3N/c1-7(8(2)3)9(4,5)6;1-2-3;/h8H,1-6H3;3H,2H2,1H3;1H3. The summed E-state index contributed by atoms with van der Waals surface area (Å²) in [7, 11) is 0.858. The van der Waals surface area contributed by atoms with E-state index in [0.29, 0.717) is 0 Å². The van der Waals surface area contributed by atoms with Crippen LogP contribution in [0.15, 0.2) is 0 Å². The summed E-state index contributed by atoms with van der Waals surface area (Å²) in [5, 5.41) is 7.57. The predicted molar refractivity (Wildman–Crippen MR) is 67.8 cm³/mol. The Kier molecular flexibility index (Phi) is 13.0. The van der Waals surface area contributed by atoms with E-state index in [4.69, 9.17) is 5.11 Å². The smallest absolute Gasteiger partial charge is 0.111 e. The lowest BCUT2D eigenvalue weighted by Gasteiger charge is -2.33. The van der Waals surface area contributed by atoms with Gasteiger partial charge >= 0.3 is 0 Å². The lowest BCUT2D eigenvalue weighted by molar-refractivity contribution is 0.318. The van der Waals surface area contributed by atoms with Crippen LogP contribution in [0.25, 0.3) is 0 Å². The molecule has 0 saturated heterocycles. The van der Waals surface area contributed by atoms with Crippen molar-refractivity contribution >= 4 is 17.2 Å². The molecule has 0 aromatic rings. The Morgan fingerprint density at radius 1 is 1.23 bits per heavy atom. The second-order valence-corrected chi connectivity index (χ2v) is 12.7. The van der Waals surface area contributed by atoms with Crippen molar-refractivity contribution in [3.63, 3.8) is 0 Å². The van der Waals surface area contributed by atoms with E-state index in [1.807, 2.05) is 0 Å². The van der Waals surface area contributed by atoms with Crippen LogP contribution in [0.1, 0.15) is 6.92 Å². The predicted octanol–water partition coefficient (Wildman–Crippen LogP) is 1.90. The van der Waals surface area contributed by atoms with Crippen LogP contribution in [-0.2, 0) is 0 Å². The molecular weight excluding hydrogens is 196 g/mol. The molecule has 0 radical (unpaired) electrons. The molecule has 0 saturated carbocycles. The van der Waals surface area contributed by atoms with Crippen molar-refractivity contribution in [1.29, 1.82) is 0 Å². The summed E-state index contributed by atoms with van der Waals surface area (Å²) in [5.41, 5.74) is 0. The first kappa shape index (κ1) is 19.0. The highest BCUT2D eigenvalue weighted by Crippen LogP contribution is 2.07. The van der Waals surface area contributed by atoms with Gasteiger partial charge in [-0.2, -0.15) is 0 Å². The SMILES string of the molecule is CCO.CN([SiH](C)C)[Si](C)(C)C.N. The molecule has 0 rings (SSSR count). The van der Waals surface area contributed by atoms with Crippen molar-refractivity contribution in [2.24, 2.45) is 0 Å². The average molecular weight is 224 g/mol. The minimum Gasteiger partial charge on any atom is -0.397 e. The van der Waals surface area contributed by atoms with Crippen molar-refractivity contribution in [2.45, 2.75) is 39.7 Å². The third-order valence-electron chi connectivity index (χ3n) is 1.83. The van der Waals surface area contributed by atoms with Crippen LogP contribution in [-0.4, -0.2) is 40.2 Å². The van der Waals surface area contributed by atoms with Crippen molar-refractivity contribution in [3.8, 4) is 0 Å². The number of hydrogen-bond donors (Lipinski definition) is 2. The summed E-state index contributed by atoms with van der Waals surface area (Å²) >= 11 is 0. The van der Waals surface area contributed by atoms with E-state index in [1.165, 1.54) is 0 Å². The first-order valence-corrected chi connectivity index (χ1v) is 10.9. The van der Waals surface area contributed by atoms with Crippen molar-refractivity contribution in [2.75, 3.05) is 13.7 Å². The van der Waals surface area contributed by atoms with E-state index in [9.17, 15) is 0 Å². The van der Waals surface area contributed by atoms with Gasteiger partial charge in [0.1, 0.15) is 8.24 Å². The molecule has 0 aromatic carbocycles. The molecule has 0 spiro atoms. The maximum Gasteiger partial charge on any atom is 0.111 e.